The Morgan fingerprint density at radius 3 is 2.88 bits per heavy atom. The quantitative estimate of drug-likeness (QED) is 0.759. The van der Waals surface area contributed by atoms with Crippen LogP contribution in [0.4, 0.5) is 0 Å². The molecule has 25 heavy (non-hydrogen) atoms. The van der Waals surface area contributed by atoms with Crippen molar-refractivity contribution in [3.05, 3.63) is 59.7 Å². The van der Waals surface area contributed by atoms with Crippen LogP contribution in [0.25, 0.3) is 0 Å². The minimum absolute atomic E-state index is 0.137. The van der Waals surface area contributed by atoms with Crippen molar-refractivity contribution in [3.8, 4) is 0 Å². The van der Waals surface area contributed by atoms with Crippen molar-refractivity contribution in [3.63, 3.8) is 0 Å². The first-order chi connectivity index (χ1) is 12.2. The fourth-order valence-corrected chi connectivity index (χ4v) is 2.99. The summed E-state index contributed by atoms with van der Waals surface area (Å²) in [6, 6.07) is 9.36. The van der Waals surface area contributed by atoms with E-state index in [9.17, 15) is 9.90 Å². The fourth-order valence-electron chi connectivity index (χ4n) is 2.99. The van der Waals surface area contributed by atoms with Crippen LogP contribution < -0.4 is 5.32 Å². The van der Waals surface area contributed by atoms with Crippen LogP contribution in [0.15, 0.2) is 48.3 Å². The Labute approximate surface area is 147 Å². The third-order valence-corrected chi connectivity index (χ3v) is 4.40. The number of aromatic nitrogens is 3. The van der Waals surface area contributed by atoms with Crippen LogP contribution in [-0.4, -0.2) is 32.3 Å². The van der Waals surface area contributed by atoms with Crippen molar-refractivity contribution in [2.45, 2.75) is 44.8 Å². The van der Waals surface area contributed by atoms with Gasteiger partial charge in [0.2, 0.25) is 5.82 Å². The number of hydrogen-bond donors (Lipinski definition) is 2. The number of amides is 1. The van der Waals surface area contributed by atoms with Gasteiger partial charge < -0.3 is 10.4 Å². The summed E-state index contributed by atoms with van der Waals surface area (Å²) in [5.74, 6) is -0.137. The highest BCUT2D eigenvalue weighted by Gasteiger charge is 2.14. The van der Waals surface area contributed by atoms with E-state index in [-0.39, 0.29) is 18.3 Å². The van der Waals surface area contributed by atoms with Gasteiger partial charge in [-0.3, -0.25) is 4.79 Å². The molecule has 1 heterocycles. The number of nitrogens with zero attached hydrogens (tertiary/aromatic N) is 3. The molecule has 0 fully saturated rings. The zero-order chi connectivity index (χ0) is 17.5. The predicted molar refractivity (Wildman–Crippen MR) is 94.9 cm³/mol. The molecule has 1 aliphatic rings. The molecular formula is C19H24N4O2. The number of carbonyl (C=O) groups is 1. The molecule has 0 saturated heterocycles. The van der Waals surface area contributed by atoms with E-state index in [1.165, 1.54) is 29.4 Å². The molecule has 3 rings (SSSR count). The topological polar surface area (TPSA) is 80.0 Å². The molecule has 1 unspecified atom stereocenters. The van der Waals surface area contributed by atoms with Gasteiger partial charge in [-0.05, 0) is 37.7 Å². The van der Waals surface area contributed by atoms with Gasteiger partial charge in [0.15, 0.2) is 0 Å². The normalized spacial score (nSPS) is 15.5. The Hall–Kier alpha value is -2.47. The molecule has 0 bridgehead atoms. The van der Waals surface area contributed by atoms with Gasteiger partial charge in [0.25, 0.3) is 5.91 Å². The second-order valence-corrected chi connectivity index (χ2v) is 6.33. The lowest BCUT2D eigenvalue weighted by molar-refractivity contribution is 0.0941. The van der Waals surface area contributed by atoms with Crippen LogP contribution in [0.1, 0.15) is 54.4 Å². The van der Waals surface area contributed by atoms with Crippen molar-refractivity contribution < 1.29 is 9.90 Å². The molecular weight excluding hydrogens is 316 g/mol. The highest BCUT2D eigenvalue weighted by atomic mass is 16.3. The van der Waals surface area contributed by atoms with Gasteiger partial charge in [-0.1, -0.05) is 42.0 Å². The van der Waals surface area contributed by atoms with Crippen LogP contribution in [0.3, 0.4) is 0 Å². The van der Waals surface area contributed by atoms with E-state index in [0.29, 0.717) is 6.54 Å². The highest BCUT2D eigenvalue weighted by Crippen LogP contribution is 2.19. The molecule has 0 radical (unpaired) electrons. The zero-order valence-corrected chi connectivity index (χ0v) is 14.3. The Kier molecular flexibility index (Phi) is 5.95. The number of nitrogens with one attached hydrogen (secondary N) is 1. The molecule has 1 aromatic heterocycles. The van der Waals surface area contributed by atoms with Gasteiger partial charge in [-0.25, -0.2) is 9.67 Å². The minimum Gasteiger partial charge on any atom is -0.386 e. The number of rotatable bonds is 7. The lowest BCUT2D eigenvalue weighted by Gasteiger charge is -2.12. The summed E-state index contributed by atoms with van der Waals surface area (Å²) in [7, 11) is 0. The van der Waals surface area contributed by atoms with Crippen LogP contribution in [0.2, 0.25) is 0 Å². The summed E-state index contributed by atoms with van der Waals surface area (Å²) in [6.45, 7) is 0.864. The number of benzene rings is 1. The minimum atomic E-state index is -0.683. The molecule has 1 aromatic carbocycles. The first-order valence-electron chi connectivity index (χ1n) is 8.81. The van der Waals surface area contributed by atoms with Crippen molar-refractivity contribution in [1.82, 2.24) is 20.1 Å². The predicted octanol–water partition coefficient (Wildman–Crippen LogP) is 2.63. The summed E-state index contributed by atoms with van der Waals surface area (Å²) < 4.78 is 1.50. The molecule has 0 aliphatic heterocycles. The second-order valence-electron chi connectivity index (χ2n) is 6.33. The highest BCUT2D eigenvalue weighted by molar-refractivity contribution is 5.90. The standard InChI is InChI=1S/C19H24N4O2/c24-17(16-9-5-2-6-10-16)13-23-14-21-18(22-23)19(25)20-12-11-15-7-3-1-4-8-15/h2,5-7,9-10,14,17,24H,1,3-4,8,11-13H2,(H,20,25). The average Bonchev–Trinajstić information content (AvgIpc) is 3.12. The largest absolute Gasteiger partial charge is 0.386 e. The third kappa shape index (κ3) is 5.00. The van der Waals surface area contributed by atoms with Crippen molar-refractivity contribution in [2.75, 3.05) is 6.54 Å². The van der Waals surface area contributed by atoms with Gasteiger partial charge in [-0.2, -0.15) is 0 Å². The number of hydrogen-bond acceptors (Lipinski definition) is 4. The molecule has 2 N–H and O–H groups in total. The van der Waals surface area contributed by atoms with Gasteiger partial charge in [-0.15, -0.1) is 5.10 Å². The fraction of sp³-hybridized carbons (Fsp3) is 0.421. The van der Waals surface area contributed by atoms with Gasteiger partial charge in [0.1, 0.15) is 6.33 Å². The van der Waals surface area contributed by atoms with Gasteiger partial charge in [0, 0.05) is 6.54 Å². The van der Waals surface area contributed by atoms with Crippen LogP contribution in [-0.2, 0) is 6.54 Å². The van der Waals surface area contributed by atoms with E-state index in [0.717, 1.165) is 24.8 Å². The Morgan fingerprint density at radius 2 is 2.12 bits per heavy atom. The molecule has 1 aliphatic carbocycles. The maximum absolute atomic E-state index is 12.1. The maximum atomic E-state index is 12.1. The molecule has 6 heteroatoms. The van der Waals surface area contributed by atoms with Crippen LogP contribution in [0, 0.1) is 0 Å². The Morgan fingerprint density at radius 1 is 1.28 bits per heavy atom. The zero-order valence-electron chi connectivity index (χ0n) is 14.3. The lowest BCUT2D eigenvalue weighted by Crippen LogP contribution is -2.26. The molecule has 132 valence electrons. The van der Waals surface area contributed by atoms with Crippen molar-refractivity contribution >= 4 is 5.91 Å². The first kappa shape index (κ1) is 17.4. The summed E-state index contributed by atoms with van der Waals surface area (Å²) in [5, 5.41) is 17.2. The maximum Gasteiger partial charge on any atom is 0.290 e. The summed E-state index contributed by atoms with van der Waals surface area (Å²) in [5.41, 5.74) is 2.24. The van der Waals surface area contributed by atoms with Crippen molar-refractivity contribution in [2.24, 2.45) is 0 Å². The van der Waals surface area contributed by atoms with Gasteiger partial charge in [0.05, 0.1) is 12.6 Å². The molecule has 2 aromatic rings. The second kappa shape index (κ2) is 8.58. The summed E-state index contributed by atoms with van der Waals surface area (Å²) >= 11 is 0. The van der Waals surface area contributed by atoms with Crippen LogP contribution >= 0.6 is 0 Å². The van der Waals surface area contributed by atoms with Gasteiger partial charge >= 0.3 is 0 Å². The number of aliphatic hydroxyl groups excluding tert-OH is 1. The monoisotopic (exact) mass is 340 g/mol. The SMILES string of the molecule is O=C(NCCC1=CCCCC1)c1ncn(CC(O)c2ccccc2)n1. The van der Waals surface area contributed by atoms with Crippen molar-refractivity contribution in [1.29, 1.82) is 0 Å². The smallest absolute Gasteiger partial charge is 0.290 e. The number of carbonyl (C=O) groups excluding carboxylic acids is 1. The Bertz CT molecular complexity index is 724. The third-order valence-electron chi connectivity index (χ3n) is 4.40. The molecule has 1 atom stereocenters. The summed E-state index contributed by atoms with van der Waals surface area (Å²) in [4.78, 5) is 16.2. The molecule has 6 nitrogen and oxygen atoms in total. The van der Waals surface area contributed by atoms with E-state index in [2.05, 4.69) is 21.5 Å². The van der Waals surface area contributed by atoms with E-state index in [1.807, 2.05) is 30.3 Å². The van der Waals surface area contributed by atoms with Crippen LogP contribution in [0.5, 0.6) is 0 Å². The Balaban J connectivity index is 1.48. The lowest BCUT2D eigenvalue weighted by atomic mass is 9.97. The first-order valence-corrected chi connectivity index (χ1v) is 8.81. The molecule has 0 saturated carbocycles. The summed E-state index contributed by atoms with van der Waals surface area (Å²) in [6.07, 6.45) is 8.77. The van der Waals surface area contributed by atoms with E-state index in [4.69, 9.17) is 0 Å². The number of allylic oxidation sites excluding steroid dienone is 1. The van der Waals surface area contributed by atoms with E-state index < -0.39 is 6.10 Å². The number of aliphatic hydroxyl groups is 1. The molecule has 1 amide bonds. The average molecular weight is 340 g/mol. The molecule has 0 spiro atoms. The van der Waals surface area contributed by atoms with E-state index >= 15 is 0 Å². The van der Waals surface area contributed by atoms with E-state index in [1.54, 1.807) is 0 Å².